The van der Waals surface area contributed by atoms with Crippen LogP contribution in [0.3, 0.4) is 0 Å². The second-order valence-electron chi connectivity index (χ2n) is 7.10. The molecule has 1 aliphatic rings. The van der Waals surface area contributed by atoms with Crippen LogP contribution in [0.5, 0.6) is 0 Å². The Hall–Kier alpha value is -1.50. The predicted octanol–water partition coefficient (Wildman–Crippen LogP) is 2.31. The van der Waals surface area contributed by atoms with Gasteiger partial charge >= 0.3 is 5.97 Å². The molecule has 6 nitrogen and oxygen atoms in total. The van der Waals surface area contributed by atoms with Crippen molar-refractivity contribution in [2.45, 2.75) is 76.6 Å². The van der Waals surface area contributed by atoms with Crippen molar-refractivity contribution in [1.29, 1.82) is 4.29 Å². The largest absolute Gasteiger partial charge is 0.469 e. The van der Waals surface area contributed by atoms with E-state index in [0.717, 1.165) is 6.42 Å². The highest BCUT2D eigenvalue weighted by molar-refractivity contribution is 5.84. The SMILES string of the molecule is [3H]OC(/C=C/C1C(C/C=C\CCCC(=O)OC)C(=O)C[C@@H]1O[3H])CCC(CC)O[3H]. The molecule has 1 fully saturated rings. The van der Waals surface area contributed by atoms with Gasteiger partial charge in [0, 0.05) is 24.7 Å². The number of Topliss-reactive ketones (excluding diaryl/α,β-unsaturated/α-hetero) is 1. The number of carbonyl (C=O) groups is 2. The molecule has 0 aromatic heterocycles. The van der Waals surface area contributed by atoms with Gasteiger partial charge in [0.15, 0.2) is 0 Å². The summed E-state index contributed by atoms with van der Waals surface area (Å²) in [7, 11) is 1.37. The van der Waals surface area contributed by atoms with E-state index in [-0.39, 0.29) is 36.1 Å². The third kappa shape index (κ3) is 8.82. The molecule has 0 radical (unpaired) electrons. The summed E-state index contributed by atoms with van der Waals surface area (Å²) in [5.41, 5.74) is 0. The first-order valence-electron chi connectivity index (χ1n) is 11.0. The fraction of sp³-hybridized carbons (Fsp3) is 0.714. The average Bonchev–Trinajstić information content (AvgIpc) is 3.07. The smallest absolute Gasteiger partial charge is 0.305 e. The molecular formula is C21H34O6. The van der Waals surface area contributed by atoms with E-state index >= 15 is 0 Å². The molecule has 0 heterocycles. The minimum Gasteiger partial charge on any atom is -0.469 e. The zero-order valence-electron chi connectivity index (χ0n) is 19.3. The Labute approximate surface area is 166 Å². The lowest BCUT2D eigenvalue weighted by molar-refractivity contribution is -0.140. The summed E-state index contributed by atoms with van der Waals surface area (Å²) in [6, 6.07) is 0. The summed E-state index contributed by atoms with van der Waals surface area (Å²) in [6.07, 6.45) is 10.6. The number of hydrogen-bond acceptors (Lipinski definition) is 6. The number of ether oxygens (including phenoxy) is 1. The van der Waals surface area contributed by atoms with Crippen molar-refractivity contribution in [3.63, 3.8) is 0 Å². The standard InChI is InChI=1S/C21H34O6/c1-3-15(22)10-11-16(23)12-13-18-17(19(24)14-20(18)25)8-6-4-5-7-9-21(26)27-2/h4,6,12-13,15-18,20,22-23,25H,3,5,7-11,14H2,1-2H3/b6-4-,13-12+/t15?,16?,17?,18?,20-/m0/s1/i22T,23T,25T. The van der Waals surface area contributed by atoms with E-state index in [1.54, 1.807) is 6.08 Å². The van der Waals surface area contributed by atoms with Gasteiger partial charge in [0.25, 0.3) is 0 Å². The highest BCUT2D eigenvalue weighted by Gasteiger charge is 2.39. The zero-order valence-corrected chi connectivity index (χ0v) is 16.3. The molecule has 4 unspecified atom stereocenters. The summed E-state index contributed by atoms with van der Waals surface area (Å²) >= 11 is 0. The van der Waals surface area contributed by atoms with E-state index < -0.39 is 12.2 Å². The molecule has 0 saturated heterocycles. The van der Waals surface area contributed by atoms with Gasteiger partial charge in [-0.1, -0.05) is 31.2 Å². The van der Waals surface area contributed by atoms with Crippen LogP contribution in [0.1, 0.15) is 58.3 Å². The zero-order chi connectivity index (χ0) is 22.4. The number of aliphatic hydroxyl groups is 3. The molecule has 0 amide bonds. The Bertz CT molecular complexity index is 565. The van der Waals surface area contributed by atoms with Crippen LogP contribution in [-0.4, -0.2) is 56.8 Å². The molecule has 1 aliphatic carbocycles. The molecule has 27 heavy (non-hydrogen) atoms. The summed E-state index contributed by atoms with van der Waals surface area (Å²) < 4.78 is 26.2. The lowest BCUT2D eigenvalue weighted by Crippen LogP contribution is -2.19. The average molecular weight is 389 g/mol. The van der Waals surface area contributed by atoms with Crippen molar-refractivity contribution in [2.24, 2.45) is 11.8 Å². The molecule has 5 atom stereocenters. The molecule has 6 heteroatoms. The normalized spacial score (nSPS) is 26.8. The molecule has 154 valence electrons. The third-order valence-electron chi connectivity index (χ3n) is 5.02. The van der Waals surface area contributed by atoms with E-state index in [9.17, 15) is 9.59 Å². The minimum absolute atomic E-state index is 0.0538. The van der Waals surface area contributed by atoms with Crippen LogP contribution in [0.2, 0.25) is 0 Å². The molecule has 0 bridgehead atoms. The molecule has 0 aliphatic heterocycles. The van der Waals surface area contributed by atoms with Crippen molar-refractivity contribution in [1.82, 2.24) is 0 Å². The van der Waals surface area contributed by atoms with E-state index in [1.165, 1.54) is 7.11 Å². The van der Waals surface area contributed by atoms with Crippen molar-refractivity contribution in [3.05, 3.63) is 24.3 Å². The van der Waals surface area contributed by atoms with Crippen LogP contribution in [0.25, 0.3) is 0 Å². The van der Waals surface area contributed by atoms with Gasteiger partial charge in [-0.25, -0.2) is 0 Å². The van der Waals surface area contributed by atoms with Crippen LogP contribution < -0.4 is 0 Å². The molecule has 3 N–H and O–H groups in total. The van der Waals surface area contributed by atoms with Gasteiger partial charge < -0.3 is 20.1 Å². The Morgan fingerprint density at radius 1 is 1.37 bits per heavy atom. The molecule has 0 aromatic rings. The Morgan fingerprint density at radius 2 is 2.22 bits per heavy atom. The van der Waals surface area contributed by atoms with E-state index in [4.69, 9.17) is 14.5 Å². The van der Waals surface area contributed by atoms with Gasteiger partial charge in [-0.2, -0.15) is 0 Å². The van der Waals surface area contributed by atoms with Crippen molar-refractivity contribution < 1.29 is 29.7 Å². The molecular weight excluding hydrogens is 348 g/mol. The molecule has 0 spiro atoms. The van der Waals surface area contributed by atoms with E-state index in [1.807, 2.05) is 25.2 Å². The summed E-state index contributed by atoms with van der Waals surface area (Å²) in [4.78, 5) is 23.5. The Balaban J connectivity index is 2.64. The van der Waals surface area contributed by atoms with Gasteiger partial charge in [-0.05, 0) is 38.5 Å². The number of methoxy groups -OCH3 is 1. The number of ketones is 1. The van der Waals surface area contributed by atoms with Gasteiger partial charge in [0.05, 0.1) is 25.4 Å². The minimum atomic E-state index is -0.516. The topological polar surface area (TPSA) is 104 Å². The molecule has 1 rings (SSSR count). The van der Waals surface area contributed by atoms with Crippen LogP contribution in [0.15, 0.2) is 24.3 Å². The van der Waals surface area contributed by atoms with Crippen molar-refractivity contribution >= 4 is 11.8 Å². The van der Waals surface area contributed by atoms with Crippen LogP contribution in [0, 0.1) is 11.8 Å². The quantitative estimate of drug-likeness (QED) is 0.226. The monoisotopic (exact) mass is 388 g/mol. The Kier molecular flexibility index (Phi) is 8.94. The second kappa shape index (κ2) is 12.8. The van der Waals surface area contributed by atoms with Gasteiger partial charge in [0.1, 0.15) is 5.78 Å². The summed E-state index contributed by atoms with van der Waals surface area (Å²) in [5, 5.41) is 14.1. The van der Waals surface area contributed by atoms with Crippen molar-refractivity contribution in [3.8, 4) is 0 Å². The number of esters is 1. The third-order valence-corrected chi connectivity index (χ3v) is 5.02. The number of hydrogen-bond donors (Lipinski definition) is 3. The number of allylic oxidation sites excluding steroid dienone is 2. The first kappa shape index (κ1) is 18.8. The van der Waals surface area contributed by atoms with E-state index in [2.05, 4.69) is 9.85 Å². The second-order valence-corrected chi connectivity index (χ2v) is 7.10. The van der Waals surface area contributed by atoms with Crippen LogP contribution >= 0.6 is 0 Å². The number of aliphatic hydroxyl groups excluding tert-OH is 3. The van der Waals surface area contributed by atoms with Gasteiger partial charge in [-0.15, -0.1) is 0 Å². The lowest BCUT2D eigenvalue weighted by atomic mass is 9.90. The van der Waals surface area contributed by atoms with Crippen LogP contribution in [-0.2, 0) is 14.3 Å². The summed E-state index contributed by atoms with van der Waals surface area (Å²) in [6.45, 7) is 1.93. The highest BCUT2D eigenvalue weighted by atomic mass is 16.5. The maximum atomic E-state index is 12.4. The Morgan fingerprint density at radius 3 is 2.89 bits per heavy atom. The number of rotatable bonds is 15. The molecule has 1 saturated carbocycles. The highest BCUT2D eigenvalue weighted by Crippen LogP contribution is 2.33. The van der Waals surface area contributed by atoms with Crippen molar-refractivity contribution in [2.75, 3.05) is 7.11 Å². The fourth-order valence-electron chi connectivity index (χ4n) is 3.24. The van der Waals surface area contributed by atoms with Crippen LogP contribution in [0.4, 0.5) is 0 Å². The molecule has 0 aromatic carbocycles. The number of carbonyl (C=O) groups excluding carboxylic acids is 2. The van der Waals surface area contributed by atoms with E-state index in [0.29, 0.717) is 38.5 Å². The maximum absolute atomic E-state index is 12.4. The number of unbranched alkanes of at least 4 members (excludes halogenated alkanes) is 1. The van der Waals surface area contributed by atoms with Gasteiger partial charge in [-0.3, -0.25) is 9.59 Å². The lowest BCUT2D eigenvalue weighted by Gasteiger charge is -2.17. The fourth-order valence-corrected chi connectivity index (χ4v) is 3.24. The predicted molar refractivity (Wildman–Crippen MR) is 103 cm³/mol. The first-order chi connectivity index (χ1) is 14.5. The van der Waals surface area contributed by atoms with Gasteiger partial charge in [0.2, 0.25) is 4.29 Å². The maximum Gasteiger partial charge on any atom is 0.305 e. The first-order valence-corrected chi connectivity index (χ1v) is 9.79. The summed E-state index contributed by atoms with van der Waals surface area (Å²) in [5.74, 6) is -0.736.